The molecule has 1 N–H and O–H groups in total. The van der Waals surface area contributed by atoms with Gasteiger partial charge in [0.2, 0.25) is 11.8 Å². The Hall–Kier alpha value is -1.98. The lowest BCUT2D eigenvalue weighted by atomic mass is 10.1. The Morgan fingerprint density at radius 2 is 2.17 bits per heavy atom. The molecule has 23 heavy (non-hydrogen) atoms. The molecule has 0 spiro atoms. The van der Waals surface area contributed by atoms with Gasteiger partial charge in [0.05, 0.1) is 29.4 Å². The van der Waals surface area contributed by atoms with Gasteiger partial charge in [0.15, 0.2) is 0 Å². The summed E-state index contributed by atoms with van der Waals surface area (Å²) in [6, 6.07) is 8.45. The minimum Gasteiger partial charge on any atom is -0.467 e. The van der Waals surface area contributed by atoms with Crippen molar-refractivity contribution < 1.29 is 14.0 Å². The monoisotopic (exact) mass is 352 g/mol. The Morgan fingerprint density at radius 3 is 2.91 bits per heavy atom. The smallest absolute Gasteiger partial charge is 0.227 e. The highest BCUT2D eigenvalue weighted by molar-refractivity contribution is 6.35. The molecule has 7 heteroatoms. The maximum absolute atomic E-state index is 12.2. The molecule has 0 unspecified atom stereocenters. The largest absolute Gasteiger partial charge is 0.467 e. The second-order valence-electron chi connectivity index (χ2n) is 5.30. The molecule has 2 aromatic rings. The molecular weight excluding hydrogens is 339 g/mol. The van der Waals surface area contributed by atoms with Gasteiger partial charge in [-0.3, -0.25) is 9.59 Å². The maximum atomic E-state index is 12.2. The first-order chi connectivity index (χ1) is 11.0. The molecule has 0 saturated carbocycles. The number of amides is 2. The molecule has 2 heterocycles. The van der Waals surface area contributed by atoms with Crippen molar-refractivity contribution in [3.63, 3.8) is 0 Å². The van der Waals surface area contributed by atoms with Crippen LogP contribution in [-0.4, -0.2) is 18.4 Å². The third-order valence-electron chi connectivity index (χ3n) is 3.71. The first-order valence-electron chi connectivity index (χ1n) is 7.10. The van der Waals surface area contributed by atoms with Crippen LogP contribution >= 0.6 is 23.2 Å². The third kappa shape index (κ3) is 3.51. The van der Waals surface area contributed by atoms with Crippen molar-refractivity contribution in [2.45, 2.75) is 13.0 Å². The molecule has 1 aliphatic heterocycles. The summed E-state index contributed by atoms with van der Waals surface area (Å²) in [5, 5.41) is 3.69. The number of halogens is 2. The van der Waals surface area contributed by atoms with Crippen LogP contribution in [0.25, 0.3) is 0 Å². The van der Waals surface area contributed by atoms with Crippen LogP contribution in [0.4, 0.5) is 5.69 Å². The van der Waals surface area contributed by atoms with Crippen molar-refractivity contribution in [2.75, 3.05) is 11.4 Å². The molecule has 1 fully saturated rings. The first kappa shape index (κ1) is 15.9. The van der Waals surface area contributed by atoms with Crippen LogP contribution in [0.2, 0.25) is 10.0 Å². The number of benzene rings is 1. The molecule has 5 nitrogen and oxygen atoms in total. The van der Waals surface area contributed by atoms with E-state index < -0.39 is 5.92 Å². The van der Waals surface area contributed by atoms with Crippen LogP contribution < -0.4 is 10.2 Å². The predicted molar refractivity (Wildman–Crippen MR) is 87.5 cm³/mol. The van der Waals surface area contributed by atoms with Gasteiger partial charge in [-0.2, -0.15) is 0 Å². The van der Waals surface area contributed by atoms with Crippen molar-refractivity contribution >= 4 is 40.7 Å². The molecule has 1 aliphatic rings. The molecule has 3 rings (SSSR count). The summed E-state index contributed by atoms with van der Waals surface area (Å²) in [4.78, 5) is 25.9. The van der Waals surface area contributed by atoms with Crippen LogP contribution in [0.15, 0.2) is 41.0 Å². The summed E-state index contributed by atoms with van der Waals surface area (Å²) in [6.07, 6.45) is 1.69. The molecule has 120 valence electrons. The minimum absolute atomic E-state index is 0.146. The number of hydrogen-bond acceptors (Lipinski definition) is 3. The highest BCUT2D eigenvalue weighted by Gasteiger charge is 2.35. The Morgan fingerprint density at radius 1 is 1.35 bits per heavy atom. The van der Waals surface area contributed by atoms with Gasteiger partial charge in [0.25, 0.3) is 0 Å². The van der Waals surface area contributed by atoms with E-state index in [0.29, 0.717) is 28.0 Å². The second kappa shape index (κ2) is 6.64. The van der Waals surface area contributed by atoms with Gasteiger partial charge in [-0.1, -0.05) is 23.2 Å². The lowest BCUT2D eigenvalue weighted by Gasteiger charge is -2.18. The van der Waals surface area contributed by atoms with Crippen molar-refractivity contribution in [1.82, 2.24) is 5.32 Å². The lowest BCUT2D eigenvalue weighted by molar-refractivity contribution is -0.126. The van der Waals surface area contributed by atoms with E-state index in [2.05, 4.69) is 5.32 Å². The number of carbonyl (C=O) groups is 2. The molecule has 0 bridgehead atoms. The minimum atomic E-state index is -0.424. The highest BCUT2D eigenvalue weighted by atomic mass is 35.5. The van der Waals surface area contributed by atoms with E-state index in [9.17, 15) is 9.59 Å². The van der Waals surface area contributed by atoms with Gasteiger partial charge in [-0.15, -0.1) is 0 Å². The van der Waals surface area contributed by atoms with Crippen LogP contribution in [0.1, 0.15) is 12.2 Å². The molecule has 1 aromatic carbocycles. The summed E-state index contributed by atoms with van der Waals surface area (Å²) >= 11 is 12.1. The van der Waals surface area contributed by atoms with Gasteiger partial charge in [-0.05, 0) is 30.3 Å². The normalized spacial score (nSPS) is 17.6. The molecule has 1 saturated heterocycles. The van der Waals surface area contributed by atoms with E-state index >= 15 is 0 Å². The zero-order chi connectivity index (χ0) is 16.4. The number of anilines is 1. The Bertz CT molecular complexity index is 731. The number of hydrogen-bond donors (Lipinski definition) is 1. The Balaban J connectivity index is 1.67. The zero-order valence-corrected chi connectivity index (χ0v) is 13.6. The van der Waals surface area contributed by atoms with Crippen molar-refractivity contribution in [2.24, 2.45) is 5.92 Å². The number of nitrogens with zero attached hydrogens (tertiary/aromatic N) is 1. The summed E-state index contributed by atoms with van der Waals surface area (Å²) < 4.78 is 5.16. The lowest BCUT2D eigenvalue weighted by Crippen LogP contribution is -2.32. The number of carbonyl (C=O) groups excluding carboxylic acids is 2. The topological polar surface area (TPSA) is 62.6 Å². The summed E-state index contributed by atoms with van der Waals surface area (Å²) in [6.45, 7) is 0.581. The third-order valence-corrected chi connectivity index (χ3v) is 4.27. The van der Waals surface area contributed by atoms with E-state index in [1.54, 1.807) is 36.6 Å². The van der Waals surface area contributed by atoms with E-state index in [0.717, 1.165) is 0 Å². The highest BCUT2D eigenvalue weighted by Crippen LogP contribution is 2.33. The molecule has 1 aromatic heterocycles. The fourth-order valence-corrected chi connectivity index (χ4v) is 2.93. The van der Waals surface area contributed by atoms with Crippen molar-refractivity contribution in [1.29, 1.82) is 0 Å². The number of nitrogens with one attached hydrogen (secondary N) is 1. The van der Waals surface area contributed by atoms with E-state index in [4.69, 9.17) is 27.6 Å². The van der Waals surface area contributed by atoms with Gasteiger partial charge in [0.1, 0.15) is 5.76 Å². The van der Waals surface area contributed by atoms with Crippen molar-refractivity contribution in [3.8, 4) is 0 Å². The molecule has 1 atom stereocenters. The Kier molecular flexibility index (Phi) is 4.59. The maximum Gasteiger partial charge on any atom is 0.227 e. The Labute approximate surface area is 143 Å². The number of rotatable bonds is 4. The van der Waals surface area contributed by atoms with E-state index in [-0.39, 0.29) is 24.8 Å². The molecular formula is C16H14Cl2N2O3. The van der Waals surface area contributed by atoms with Gasteiger partial charge in [0, 0.05) is 18.0 Å². The van der Waals surface area contributed by atoms with Crippen molar-refractivity contribution in [3.05, 3.63) is 52.4 Å². The van der Waals surface area contributed by atoms with E-state index in [1.807, 2.05) is 0 Å². The van der Waals surface area contributed by atoms with Crippen LogP contribution in [0.3, 0.4) is 0 Å². The zero-order valence-electron chi connectivity index (χ0n) is 12.1. The summed E-state index contributed by atoms with van der Waals surface area (Å²) in [5.74, 6) is -0.0901. The standard InChI is InChI=1S/C16H14Cl2N2O3/c17-11-3-4-13(18)14(7-11)20-9-10(6-15(20)21)16(22)19-8-12-2-1-5-23-12/h1-5,7,10H,6,8-9H2,(H,19,22)/t10-/m0/s1. The fraction of sp³-hybridized carbons (Fsp3) is 0.250. The van der Waals surface area contributed by atoms with Gasteiger partial charge < -0.3 is 14.6 Å². The SMILES string of the molecule is O=C(NCc1ccco1)[C@H]1CC(=O)N(c2cc(Cl)ccc2Cl)C1. The van der Waals surface area contributed by atoms with Crippen LogP contribution in [-0.2, 0) is 16.1 Å². The average molecular weight is 353 g/mol. The van der Waals surface area contributed by atoms with Gasteiger partial charge in [-0.25, -0.2) is 0 Å². The quantitative estimate of drug-likeness (QED) is 0.918. The second-order valence-corrected chi connectivity index (χ2v) is 6.14. The number of furan rings is 1. The van der Waals surface area contributed by atoms with Crippen LogP contribution in [0.5, 0.6) is 0 Å². The predicted octanol–water partition coefficient (Wildman–Crippen LogP) is 3.26. The van der Waals surface area contributed by atoms with Crippen LogP contribution in [0, 0.1) is 5.92 Å². The molecule has 0 radical (unpaired) electrons. The van der Waals surface area contributed by atoms with E-state index in [1.165, 1.54) is 4.90 Å². The first-order valence-corrected chi connectivity index (χ1v) is 7.85. The average Bonchev–Trinajstić information content (AvgIpc) is 3.17. The molecule has 0 aliphatic carbocycles. The summed E-state index contributed by atoms with van der Waals surface area (Å²) in [5.41, 5.74) is 0.533. The molecule has 2 amide bonds. The summed E-state index contributed by atoms with van der Waals surface area (Å²) in [7, 11) is 0. The fourth-order valence-electron chi connectivity index (χ4n) is 2.54. The van der Waals surface area contributed by atoms with Gasteiger partial charge >= 0.3 is 0 Å².